The first kappa shape index (κ1) is 21.6. The minimum atomic E-state index is -0.395. The van der Waals surface area contributed by atoms with Crippen LogP contribution in [0, 0.1) is 0 Å². The van der Waals surface area contributed by atoms with Crippen LogP contribution in [0.5, 0.6) is 0 Å². The van der Waals surface area contributed by atoms with Crippen LogP contribution in [0.3, 0.4) is 0 Å². The molecule has 0 aromatic carbocycles. The standard InChI is InChI=1S/C19H33NO3/c1-4-6-7-8-9-10-11-12-13-14-15-18(20-16-21)17(3)19(22)23-5-2/h4-15H2,1-3H3. The van der Waals surface area contributed by atoms with E-state index in [1.807, 2.05) is 0 Å². The molecule has 132 valence electrons. The molecule has 0 N–H and O–H groups in total. The molecule has 0 fully saturated rings. The summed E-state index contributed by atoms with van der Waals surface area (Å²) in [5.74, 6) is -0.395. The maximum atomic E-state index is 11.7. The second-order valence-corrected chi connectivity index (χ2v) is 5.93. The number of carbonyl (C=O) groups is 1. The first-order chi connectivity index (χ1) is 11.2. The molecule has 0 aromatic rings. The summed E-state index contributed by atoms with van der Waals surface area (Å²) < 4.78 is 4.94. The zero-order chi connectivity index (χ0) is 17.3. The highest BCUT2D eigenvalue weighted by molar-refractivity contribution is 5.88. The molecule has 0 amide bonds. The minimum absolute atomic E-state index is 0.326. The van der Waals surface area contributed by atoms with Gasteiger partial charge in [-0.25, -0.2) is 9.59 Å². The van der Waals surface area contributed by atoms with Crippen LogP contribution < -0.4 is 0 Å². The Hall–Kier alpha value is -1.41. The van der Waals surface area contributed by atoms with Crippen LogP contribution in [0.25, 0.3) is 0 Å². The van der Waals surface area contributed by atoms with Gasteiger partial charge in [-0.15, -0.1) is 0 Å². The number of aliphatic imine (C=N–C) groups is 1. The fourth-order valence-corrected chi connectivity index (χ4v) is 2.52. The lowest BCUT2D eigenvalue weighted by Gasteiger charge is -2.06. The van der Waals surface area contributed by atoms with Crippen LogP contribution in [0.4, 0.5) is 0 Å². The summed E-state index contributed by atoms with van der Waals surface area (Å²) in [6.45, 7) is 5.98. The minimum Gasteiger partial charge on any atom is -0.463 e. The molecule has 0 unspecified atom stereocenters. The summed E-state index contributed by atoms with van der Waals surface area (Å²) in [7, 11) is 0. The molecule has 0 aliphatic carbocycles. The Bertz CT molecular complexity index is 395. The maximum absolute atomic E-state index is 11.7. The number of allylic oxidation sites excluding steroid dienone is 1. The predicted molar refractivity (Wildman–Crippen MR) is 93.9 cm³/mol. The fourth-order valence-electron chi connectivity index (χ4n) is 2.52. The monoisotopic (exact) mass is 323 g/mol. The van der Waals surface area contributed by atoms with Crippen LogP contribution in [0.2, 0.25) is 0 Å². The van der Waals surface area contributed by atoms with E-state index in [4.69, 9.17) is 4.74 Å². The van der Waals surface area contributed by atoms with Gasteiger partial charge in [-0.05, 0) is 26.7 Å². The van der Waals surface area contributed by atoms with Crippen molar-refractivity contribution in [3.8, 4) is 0 Å². The largest absolute Gasteiger partial charge is 0.463 e. The molecule has 4 nitrogen and oxygen atoms in total. The van der Waals surface area contributed by atoms with Gasteiger partial charge < -0.3 is 4.74 Å². The quantitative estimate of drug-likeness (QED) is 0.140. The van der Waals surface area contributed by atoms with Crippen molar-refractivity contribution in [3.63, 3.8) is 0 Å². The van der Waals surface area contributed by atoms with Gasteiger partial charge in [0.1, 0.15) is 0 Å². The lowest BCUT2D eigenvalue weighted by atomic mass is 10.0. The van der Waals surface area contributed by atoms with Crippen LogP contribution in [0.1, 0.15) is 91.4 Å². The van der Waals surface area contributed by atoms with E-state index in [2.05, 4.69) is 11.9 Å². The van der Waals surface area contributed by atoms with Gasteiger partial charge >= 0.3 is 5.97 Å². The molecule has 23 heavy (non-hydrogen) atoms. The van der Waals surface area contributed by atoms with Crippen molar-refractivity contribution in [2.24, 2.45) is 4.99 Å². The second-order valence-electron chi connectivity index (χ2n) is 5.93. The normalized spacial score (nSPS) is 11.6. The Morgan fingerprint density at radius 1 is 0.913 bits per heavy atom. The third-order valence-electron chi connectivity index (χ3n) is 3.96. The molecular weight excluding hydrogens is 290 g/mol. The van der Waals surface area contributed by atoms with Crippen molar-refractivity contribution in [3.05, 3.63) is 11.3 Å². The molecule has 0 saturated heterocycles. The summed E-state index contributed by atoms with van der Waals surface area (Å²) in [5.41, 5.74) is 0.934. The molecule has 0 heterocycles. The number of hydrogen-bond donors (Lipinski definition) is 0. The number of nitrogens with zero attached hydrogens (tertiary/aromatic N) is 1. The van der Waals surface area contributed by atoms with Crippen molar-refractivity contribution in [1.29, 1.82) is 0 Å². The average Bonchev–Trinajstić information content (AvgIpc) is 2.55. The number of esters is 1. The Labute approximate surface area is 141 Å². The zero-order valence-corrected chi connectivity index (χ0v) is 15.2. The van der Waals surface area contributed by atoms with Crippen LogP contribution in [-0.4, -0.2) is 18.7 Å². The van der Waals surface area contributed by atoms with Crippen molar-refractivity contribution in [1.82, 2.24) is 0 Å². The smallest absolute Gasteiger partial charge is 0.335 e. The van der Waals surface area contributed by atoms with Crippen LogP contribution in [0.15, 0.2) is 16.3 Å². The topological polar surface area (TPSA) is 55.7 Å². The maximum Gasteiger partial charge on any atom is 0.335 e. The van der Waals surface area contributed by atoms with E-state index in [0.717, 1.165) is 12.8 Å². The Balaban J connectivity index is 3.91. The highest BCUT2D eigenvalue weighted by Gasteiger charge is 2.11. The Kier molecular flexibility index (Phi) is 14.5. The predicted octanol–water partition coefficient (Wildman–Crippen LogP) is 5.47. The van der Waals surface area contributed by atoms with Gasteiger partial charge in [0.15, 0.2) is 0 Å². The van der Waals surface area contributed by atoms with E-state index < -0.39 is 5.97 Å². The van der Waals surface area contributed by atoms with Gasteiger partial charge in [0, 0.05) is 0 Å². The summed E-state index contributed by atoms with van der Waals surface area (Å²) in [5, 5.41) is 0. The molecule has 0 atom stereocenters. The number of isocyanates is 1. The van der Waals surface area contributed by atoms with E-state index >= 15 is 0 Å². The summed E-state index contributed by atoms with van der Waals surface area (Å²) in [6, 6.07) is 0. The Morgan fingerprint density at radius 3 is 1.91 bits per heavy atom. The summed E-state index contributed by atoms with van der Waals surface area (Å²) in [4.78, 5) is 25.9. The number of rotatable bonds is 14. The van der Waals surface area contributed by atoms with Gasteiger partial charge in [0.05, 0.1) is 17.9 Å². The average molecular weight is 323 g/mol. The number of unbranched alkanes of at least 4 members (excludes halogenated alkanes) is 9. The van der Waals surface area contributed by atoms with E-state index in [1.54, 1.807) is 19.9 Å². The molecule has 0 saturated carbocycles. The van der Waals surface area contributed by atoms with Crippen molar-refractivity contribution in [2.75, 3.05) is 6.61 Å². The summed E-state index contributed by atoms with van der Waals surface area (Å²) >= 11 is 0. The molecule has 4 heteroatoms. The van der Waals surface area contributed by atoms with E-state index in [1.165, 1.54) is 51.4 Å². The van der Waals surface area contributed by atoms with E-state index in [-0.39, 0.29) is 0 Å². The summed E-state index contributed by atoms with van der Waals surface area (Å²) in [6.07, 6.45) is 14.7. The molecule has 0 aliphatic rings. The number of ether oxygens (including phenoxy) is 1. The van der Waals surface area contributed by atoms with Crippen LogP contribution in [-0.2, 0) is 14.3 Å². The highest BCUT2D eigenvalue weighted by atomic mass is 16.5. The molecule has 0 aliphatic heterocycles. The van der Waals surface area contributed by atoms with Gasteiger partial charge in [-0.1, -0.05) is 64.7 Å². The molecule has 0 radical (unpaired) electrons. The molecular formula is C19H33NO3. The third-order valence-corrected chi connectivity index (χ3v) is 3.96. The first-order valence-electron chi connectivity index (χ1n) is 9.12. The second kappa shape index (κ2) is 15.5. The fraction of sp³-hybridized carbons (Fsp3) is 0.789. The molecule has 0 bridgehead atoms. The van der Waals surface area contributed by atoms with Crippen LogP contribution >= 0.6 is 0 Å². The van der Waals surface area contributed by atoms with Gasteiger partial charge in [0.2, 0.25) is 6.08 Å². The van der Waals surface area contributed by atoms with Gasteiger partial charge in [-0.3, -0.25) is 0 Å². The van der Waals surface area contributed by atoms with Crippen molar-refractivity contribution < 1.29 is 14.3 Å². The van der Waals surface area contributed by atoms with E-state index in [9.17, 15) is 9.59 Å². The third kappa shape index (κ3) is 11.8. The van der Waals surface area contributed by atoms with Crippen molar-refractivity contribution in [2.45, 2.75) is 91.4 Å². The number of carbonyl (C=O) groups excluding carboxylic acids is 2. The van der Waals surface area contributed by atoms with Gasteiger partial charge in [0.25, 0.3) is 0 Å². The van der Waals surface area contributed by atoms with Crippen molar-refractivity contribution >= 4 is 12.0 Å². The lowest BCUT2D eigenvalue weighted by Crippen LogP contribution is -2.07. The number of hydrogen-bond acceptors (Lipinski definition) is 4. The van der Waals surface area contributed by atoms with E-state index in [0.29, 0.717) is 24.3 Å². The zero-order valence-electron chi connectivity index (χ0n) is 15.2. The Morgan fingerprint density at radius 2 is 1.43 bits per heavy atom. The highest BCUT2D eigenvalue weighted by Crippen LogP contribution is 2.17. The molecule has 0 rings (SSSR count). The molecule has 0 aromatic heterocycles. The molecule has 0 spiro atoms. The lowest BCUT2D eigenvalue weighted by molar-refractivity contribution is -0.138. The first-order valence-corrected chi connectivity index (χ1v) is 9.12. The van der Waals surface area contributed by atoms with Gasteiger partial charge in [-0.2, -0.15) is 4.99 Å². The SMILES string of the molecule is CCCCCCCCCCCCC(N=C=O)=C(C)C(=O)OCC.